The van der Waals surface area contributed by atoms with Crippen molar-refractivity contribution in [2.24, 2.45) is 0 Å². The van der Waals surface area contributed by atoms with Crippen molar-refractivity contribution in [3.05, 3.63) is 48.8 Å². The molecule has 2 fully saturated rings. The van der Waals surface area contributed by atoms with Crippen LogP contribution in [0.5, 0.6) is 5.75 Å². The van der Waals surface area contributed by atoms with E-state index in [9.17, 15) is 0 Å². The maximum atomic E-state index is 6.27. The highest BCUT2D eigenvalue weighted by molar-refractivity contribution is 5.78. The summed E-state index contributed by atoms with van der Waals surface area (Å²) in [6.45, 7) is 6.67. The van der Waals surface area contributed by atoms with Crippen LogP contribution in [0.3, 0.4) is 0 Å². The van der Waals surface area contributed by atoms with E-state index in [-0.39, 0.29) is 18.4 Å². The average Bonchev–Trinajstić information content (AvgIpc) is 3.62. The highest BCUT2D eigenvalue weighted by Gasteiger charge is 2.26. The van der Waals surface area contributed by atoms with Crippen LogP contribution in [-0.2, 0) is 4.74 Å². The van der Waals surface area contributed by atoms with Crippen LogP contribution in [0.25, 0.3) is 16.8 Å². The smallest absolute Gasteiger partial charge is 0.243 e. The number of aromatic nitrogens is 5. The lowest BCUT2D eigenvalue weighted by Crippen LogP contribution is -2.33. The molecule has 10 nitrogen and oxygen atoms in total. The molecular formula is C30H40N8O2. The zero-order chi connectivity index (χ0) is 27.5. The largest absolute Gasteiger partial charge is 0.490 e. The Morgan fingerprint density at radius 1 is 1.05 bits per heavy atom. The molecule has 3 atom stereocenters. The molecule has 2 aliphatic rings. The molecule has 0 spiro atoms. The standard InChI is InChI=1S/C30H40N8O2/c1-3-39-21(2)37-20-22(19-32-37)27-14-15-28-34-30(35-38(28)29(27)36-16-5-4-6-17-36)33-24-8-7-9-26(18-24)40-25-12-10-23(31)11-13-25/h10-15,19-21,24,26H,3-9,16-18,31H2,1-2H3,(H,33,35)/t21?,24-,26+/m1/s1. The predicted molar refractivity (Wildman–Crippen MR) is 158 cm³/mol. The molecule has 1 saturated heterocycles. The first-order chi connectivity index (χ1) is 19.6. The summed E-state index contributed by atoms with van der Waals surface area (Å²) in [4.78, 5) is 7.34. The molecule has 4 heterocycles. The van der Waals surface area contributed by atoms with E-state index >= 15 is 0 Å². The number of rotatable bonds is 9. The molecule has 3 N–H and O–H groups in total. The van der Waals surface area contributed by atoms with Crippen LogP contribution in [0, 0.1) is 0 Å². The van der Waals surface area contributed by atoms with Gasteiger partial charge in [-0.3, -0.25) is 0 Å². The van der Waals surface area contributed by atoms with Crippen molar-refractivity contribution in [1.29, 1.82) is 0 Å². The predicted octanol–water partition coefficient (Wildman–Crippen LogP) is 5.52. The number of fused-ring (bicyclic) bond motifs is 1. The summed E-state index contributed by atoms with van der Waals surface area (Å²) < 4.78 is 15.9. The van der Waals surface area contributed by atoms with Crippen molar-refractivity contribution in [3.63, 3.8) is 0 Å². The molecule has 0 bridgehead atoms. The van der Waals surface area contributed by atoms with Gasteiger partial charge in [0.25, 0.3) is 0 Å². The van der Waals surface area contributed by atoms with Gasteiger partial charge < -0.3 is 25.4 Å². The highest BCUT2D eigenvalue weighted by Crippen LogP contribution is 2.34. The molecule has 4 aromatic rings. The fourth-order valence-corrected chi connectivity index (χ4v) is 5.93. The van der Waals surface area contributed by atoms with E-state index in [4.69, 9.17) is 25.3 Å². The number of nitrogens with zero attached hydrogens (tertiary/aromatic N) is 6. The van der Waals surface area contributed by atoms with E-state index in [2.05, 4.69) is 33.6 Å². The minimum atomic E-state index is -0.119. The Morgan fingerprint density at radius 3 is 2.67 bits per heavy atom. The fourth-order valence-electron chi connectivity index (χ4n) is 5.93. The first-order valence-electron chi connectivity index (χ1n) is 14.7. The molecule has 6 rings (SSSR count). The molecule has 10 heteroatoms. The Hall–Kier alpha value is -3.79. The maximum absolute atomic E-state index is 6.27. The lowest BCUT2D eigenvalue weighted by Gasteiger charge is -2.30. The third-order valence-corrected chi connectivity index (χ3v) is 7.96. The van der Waals surface area contributed by atoms with Crippen molar-refractivity contribution in [1.82, 2.24) is 24.4 Å². The summed E-state index contributed by atoms with van der Waals surface area (Å²) in [6.07, 6.45) is 11.7. The third kappa shape index (κ3) is 5.72. The lowest BCUT2D eigenvalue weighted by molar-refractivity contribution is 0.0160. The summed E-state index contributed by atoms with van der Waals surface area (Å²) >= 11 is 0. The van der Waals surface area contributed by atoms with Crippen molar-refractivity contribution >= 4 is 23.1 Å². The van der Waals surface area contributed by atoms with Gasteiger partial charge in [0, 0.05) is 55.2 Å². The van der Waals surface area contributed by atoms with Crippen LogP contribution in [0.2, 0.25) is 0 Å². The summed E-state index contributed by atoms with van der Waals surface area (Å²) in [6, 6.07) is 12.1. The van der Waals surface area contributed by atoms with Crippen LogP contribution in [0.1, 0.15) is 65.0 Å². The molecule has 1 aromatic carbocycles. The second kappa shape index (κ2) is 11.8. The molecule has 1 aliphatic heterocycles. The van der Waals surface area contributed by atoms with Gasteiger partial charge in [0.2, 0.25) is 5.95 Å². The van der Waals surface area contributed by atoms with E-state index in [0.717, 1.165) is 72.8 Å². The zero-order valence-corrected chi connectivity index (χ0v) is 23.5. The van der Waals surface area contributed by atoms with Crippen molar-refractivity contribution < 1.29 is 9.47 Å². The topological polar surface area (TPSA) is 108 Å². The van der Waals surface area contributed by atoms with E-state index in [0.29, 0.717) is 12.6 Å². The first-order valence-corrected chi connectivity index (χ1v) is 14.7. The van der Waals surface area contributed by atoms with Gasteiger partial charge >= 0.3 is 0 Å². The van der Waals surface area contributed by atoms with Crippen LogP contribution >= 0.6 is 0 Å². The molecule has 3 aromatic heterocycles. The van der Waals surface area contributed by atoms with Gasteiger partial charge in [0.1, 0.15) is 23.9 Å². The molecular weight excluding hydrogens is 504 g/mol. The van der Waals surface area contributed by atoms with E-state index in [1.54, 1.807) is 0 Å². The van der Waals surface area contributed by atoms with Gasteiger partial charge in [-0.1, -0.05) is 0 Å². The number of pyridine rings is 1. The number of nitrogens with two attached hydrogens (primary N) is 1. The first kappa shape index (κ1) is 26.4. The van der Waals surface area contributed by atoms with Crippen LogP contribution in [-0.4, -0.2) is 56.2 Å². The molecule has 1 saturated carbocycles. The average molecular weight is 545 g/mol. The minimum Gasteiger partial charge on any atom is -0.490 e. The number of ether oxygens (including phenoxy) is 2. The van der Waals surface area contributed by atoms with Gasteiger partial charge in [0.05, 0.1) is 6.20 Å². The molecule has 1 aliphatic carbocycles. The molecule has 0 amide bonds. The molecule has 212 valence electrons. The molecule has 40 heavy (non-hydrogen) atoms. The van der Waals surface area contributed by atoms with Gasteiger partial charge in [-0.05, 0) is 88.8 Å². The van der Waals surface area contributed by atoms with E-state index in [1.807, 2.05) is 53.5 Å². The number of piperidine rings is 1. The van der Waals surface area contributed by atoms with Crippen molar-refractivity contribution in [2.75, 3.05) is 35.6 Å². The van der Waals surface area contributed by atoms with Gasteiger partial charge in [0.15, 0.2) is 5.65 Å². The second-order valence-corrected chi connectivity index (χ2v) is 10.9. The summed E-state index contributed by atoms with van der Waals surface area (Å²) in [7, 11) is 0. The Kier molecular flexibility index (Phi) is 7.77. The van der Waals surface area contributed by atoms with E-state index in [1.165, 1.54) is 19.3 Å². The summed E-state index contributed by atoms with van der Waals surface area (Å²) in [5, 5.41) is 13.2. The lowest BCUT2D eigenvalue weighted by atomic mass is 9.93. The number of benzene rings is 1. The Balaban J connectivity index is 1.25. The second-order valence-electron chi connectivity index (χ2n) is 10.9. The Bertz CT molecular complexity index is 1410. The quantitative estimate of drug-likeness (QED) is 0.265. The van der Waals surface area contributed by atoms with Crippen molar-refractivity contribution in [2.45, 2.75) is 77.2 Å². The fraction of sp³-hybridized carbons (Fsp3) is 0.500. The number of hydrogen-bond acceptors (Lipinski definition) is 8. The van der Waals surface area contributed by atoms with Crippen LogP contribution in [0.4, 0.5) is 17.5 Å². The third-order valence-electron chi connectivity index (χ3n) is 7.96. The summed E-state index contributed by atoms with van der Waals surface area (Å²) in [5.74, 6) is 2.60. The van der Waals surface area contributed by atoms with E-state index < -0.39 is 0 Å². The monoisotopic (exact) mass is 544 g/mol. The van der Waals surface area contributed by atoms with Gasteiger partial charge in [-0.25, -0.2) is 4.68 Å². The highest BCUT2D eigenvalue weighted by atomic mass is 16.5. The SMILES string of the molecule is CCOC(C)n1cc(-c2ccc3nc(N[C@@H]4CCC[C@H](Oc5ccc(N)cc5)C4)nn3c2N2CCCCC2)cn1. The molecule has 0 radical (unpaired) electrons. The summed E-state index contributed by atoms with van der Waals surface area (Å²) in [5.41, 5.74) is 9.57. The Morgan fingerprint density at radius 2 is 1.88 bits per heavy atom. The number of nitrogen functional groups attached to an aromatic ring is 1. The maximum Gasteiger partial charge on any atom is 0.243 e. The van der Waals surface area contributed by atoms with Gasteiger partial charge in [-0.15, -0.1) is 5.10 Å². The minimum absolute atomic E-state index is 0.119. The van der Waals surface area contributed by atoms with Crippen LogP contribution < -0.4 is 20.7 Å². The zero-order valence-electron chi connectivity index (χ0n) is 23.5. The Labute approximate surface area is 235 Å². The number of anilines is 3. The number of nitrogens with one attached hydrogen (secondary N) is 1. The number of hydrogen-bond donors (Lipinski definition) is 2. The molecule has 1 unspecified atom stereocenters. The van der Waals surface area contributed by atoms with Crippen molar-refractivity contribution in [3.8, 4) is 16.9 Å². The van der Waals surface area contributed by atoms with Gasteiger partial charge in [-0.2, -0.15) is 14.6 Å². The normalized spacial score (nSPS) is 20.5. The van der Waals surface area contributed by atoms with Crippen LogP contribution in [0.15, 0.2) is 48.8 Å².